The SMILES string of the molecule is c1ccc(-c2ccc(N(c3ccc(-c4ccc(-c5cccc6ccccc56)cc4)cc3)c3cccc4c3c3ccccc3n4-c3ccccc3)c3c2sc2ccccc23)cc1. The lowest BCUT2D eigenvalue weighted by Crippen LogP contribution is -2.11. The molecule has 0 spiro atoms. The van der Waals surface area contributed by atoms with Gasteiger partial charge in [0, 0.05) is 42.3 Å². The summed E-state index contributed by atoms with van der Waals surface area (Å²) in [5, 5.41) is 7.49. The van der Waals surface area contributed by atoms with Crippen LogP contribution in [0.3, 0.4) is 0 Å². The zero-order chi connectivity index (χ0) is 40.3. The molecule has 0 atom stereocenters. The number of fused-ring (bicyclic) bond motifs is 7. The van der Waals surface area contributed by atoms with Gasteiger partial charge in [0.25, 0.3) is 0 Å². The molecule has 0 amide bonds. The first kappa shape index (κ1) is 35.2. The first-order valence-electron chi connectivity index (χ1n) is 20.8. The van der Waals surface area contributed by atoms with Crippen molar-refractivity contribution in [3.05, 3.63) is 231 Å². The molecule has 0 N–H and O–H groups in total. The molecule has 0 bridgehead atoms. The van der Waals surface area contributed by atoms with Gasteiger partial charge in [-0.15, -0.1) is 11.3 Å². The summed E-state index contributed by atoms with van der Waals surface area (Å²) in [6.07, 6.45) is 0. The van der Waals surface area contributed by atoms with E-state index in [0.717, 1.165) is 22.7 Å². The van der Waals surface area contributed by atoms with Crippen molar-refractivity contribution < 1.29 is 0 Å². The summed E-state index contributed by atoms with van der Waals surface area (Å²) >= 11 is 1.88. The van der Waals surface area contributed by atoms with Crippen molar-refractivity contribution >= 4 is 81.1 Å². The number of rotatable bonds is 7. The third-order valence-corrected chi connectivity index (χ3v) is 13.4. The maximum atomic E-state index is 2.51. The first-order chi connectivity index (χ1) is 30.3. The quantitative estimate of drug-likeness (QED) is 0.156. The maximum Gasteiger partial charge on any atom is 0.0562 e. The van der Waals surface area contributed by atoms with E-state index in [2.05, 4.69) is 240 Å². The van der Waals surface area contributed by atoms with Gasteiger partial charge < -0.3 is 9.47 Å². The second-order valence-electron chi connectivity index (χ2n) is 15.6. The summed E-state index contributed by atoms with van der Waals surface area (Å²) < 4.78 is 4.98. The fraction of sp³-hybridized carbons (Fsp3) is 0. The van der Waals surface area contributed by atoms with Crippen LogP contribution in [0.2, 0.25) is 0 Å². The molecule has 0 fully saturated rings. The van der Waals surface area contributed by atoms with E-state index in [1.54, 1.807) is 0 Å². The van der Waals surface area contributed by atoms with Crippen LogP contribution in [0, 0.1) is 0 Å². The van der Waals surface area contributed by atoms with Gasteiger partial charge in [-0.1, -0.05) is 176 Å². The van der Waals surface area contributed by atoms with Crippen LogP contribution in [0.25, 0.3) is 91.8 Å². The molecule has 12 aromatic rings. The number of aromatic nitrogens is 1. The summed E-state index contributed by atoms with van der Waals surface area (Å²) in [6.45, 7) is 0. The van der Waals surface area contributed by atoms with Crippen molar-refractivity contribution in [3.63, 3.8) is 0 Å². The fourth-order valence-corrected chi connectivity index (χ4v) is 10.7. The van der Waals surface area contributed by atoms with E-state index < -0.39 is 0 Å². The highest BCUT2D eigenvalue weighted by Gasteiger charge is 2.25. The molecule has 0 aliphatic heterocycles. The van der Waals surface area contributed by atoms with E-state index in [1.807, 2.05) is 11.3 Å². The van der Waals surface area contributed by atoms with Gasteiger partial charge in [0.2, 0.25) is 0 Å². The lowest BCUT2D eigenvalue weighted by Gasteiger charge is -2.28. The van der Waals surface area contributed by atoms with E-state index in [0.29, 0.717) is 0 Å². The average Bonchev–Trinajstić information content (AvgIpc) is 3.90. The third kappa shape index (κ3) is 5.85. The van der Waals surface area contributed by atoms with Crippen molar-refractivity contribution in [2.45, 2.75) is 0 Å². The number of hydrogen-bond donors (Lipinski definition) is 0. The van der Waals surface area contributed by atoms with Crippen LogP contribution in [0.4, 0.5) is 17.1 Å². The van der Waals surface area contributed by atoms with Crippen molar-refractivity contribution in [1.82, 2.24) is 4.57 Å². The molecular weight excluding hydrogens is 757 g/mol. The van der Waals surface area contributed by atoms with Gasteiger partial charge >= 0.3 is 0 Å². The zero-order valence-electron chi connectivity index (χ0n) is 33.2. The number of anilines is 3. The summed E-state index contributed by atoms with van der Waals surface area (Å²) in [4.78, 5) is 2.51. The van der Waals surface area contributed by atoms with Crippen LogP contribution in [0.5, 0.6) is 0 Å². The van der Waals surface area contributed by atoms with Crippen LogP contribution in [-0.2, 0) is 0 Å². The van der Waals surface area contributed by atoms with Gasteiger partial charge in [0.15, 0.2) is 0 Å². The Kier molecular flexibility index (Phi) is 8.39. The Hall–Kier alpha value is -7.72. The number of benzene rings is 10. The second-order valence-corrected chi connectivity index (χ2v) is 16.7. The predicted octanol–water partition coefficient (Wildman–Crippen LogP) is 16.8. The molecule has 286 valence electrons. The predicted molar refractivity (Wildman–Crippen MR) is 262 cm³/mol. The molecule has 0 unspecified atom stereocenters. The molecule has 61 heavy (non-hydrogen) atoms. The van der Waals surface area contributed by atoms with E-state index in [4.69, 9.17) is 0 Å². The molecule has 10 aromatic carbocycles. The van der Waals surface area contributed by atoms with Gasteiger partial charge in [-0.3, -0.25) is 0 Å². The van der Waals surface area contributed by atoms with Crippen molar-refractivity contribution in [1.29, 1.82) is 0 Å². The Morgan fingerprint density at radius 1 is 0.344 bits per heavy atom. The average molecular weight is 795 g/mol. The fourth-order valence-electron chi connectivity index (χ4n) is 9.41. The molecule has 0 aliphatic rings. The minimum atomic E-state index is 1.10. The Morgan fingerprint density at radius 2 is 0.918 bits per heavy atom. The minimum Gasteiger partial charge on any atom is -0.309 e. The molecule has 2 heterocycles. The molecule has 0 saturated carbocycles. The molecule has 0 radical (unpaired) electrons. The first-order valence-corrected chi connectivity index (χ1v) is 21.7. The van der Waals surface area contributed by atoms with E-state index in [9.17, 15) is 0 Å². The van der Waals surface area contributed by atoms with Gasteiger partial charge in [-0.05, 0) is 98.8 Å². The van der Waals surface area contributed by atoms with Crippen LogP contribution in [0.15, 0.2) is 231 Å². The molecule has 2 aromatic heterocycles. The van der Waals surface area contributed by atoms with Crippen LogP contribution < -0.4 is 4.90 Å². The zero-order valence-corrected chi connectivity index (χ0v) is 34.1. The monoisotopic (exact) mass is 794 g/mol. The number of para-hydroxylation sites is 2. The standard InChI is InChI=1S/C58H38N2S/c1-3-15-42(16-4-1)48-37-38-54(57-50-23-10-12-28-55(50)61-58(48)57)60(53-27-14-26-52-56(53)49-22-9-11-25-51(49)59(52)44-19-5-2-6-20-44)45-35-33-40(34-36-45)39-29-31-43(32-30-39)47-24-13-18-41-17-7-8-21-46(41)47/h1-38H. The summed E-state index contributed by atoms with van der Waals surface area (Å²) in [5.41, 5.74) is 14.2. The largest absolute Gasteiger partial charge is 0.309 e. The smallest absolute Gasteiger partial charge is 0.0562 e. The van der Waals surface area contributed by atoms with Gasteiger partial charge in [0.1, 0.15) is 0 Å². The molecule has 0 saturated heterocycles. The highest BCUT2D eigenvalue weighted by Crippen LogP contribution is 2.50. The lowest BCUT2D eigenvalue weighted by atomic mass is 9.96. The summed E-state index contributed by atoms with van der Waals surface area (Å²) in [5.74, 6) is 0. The van der Waals surface area contributed by atoms with E-state index >= 15 is 0 Å². The molecule has 12 rings (SSSR count). The lowest BCUT2D eigenvalue weighted by molar-refractivity contribution is 1.18. The summed E-state index contributed by atoms with van der Waals surface area (Å²) in [7, 11) is 0. The third-order valence-electron chi connectivity index (χ3n) is 12.2. The molecular formula is C58H38N2S. The topological polar surface area (TPSA) is 8.17 Å². The highest BCUT2D eigenvalue weighted by molar-refractivity contribution is 7.26. The van der Waals surface area contributed by atoms with Gasteiger partial charge in [-0.25, -0.2) is 0 Å². The minimum absolute atomic E-state index is 1.10. The number of nitrogens with zero attached hydrogens (tertiary/aromatic N) is 2. The van der Waals surface area contributed by atoms with Crippen molar-refractivity contribution in [2.24, 2.45) is 0 Å². The number of hydrogen-bond acceptors (Lipinski definition) is 2. The molecule has 0 aliphatic carbocycles. The van der Waals surface area contributed by atoms with Gasteiger partial charge in [-0.2, -0.15) is 0 Å². The van der Waals surface area contributed by atoms with Crippen LogP contribution >= 0.6 is 11.3 Å². The van der Waals surface area contributed by atoms with Crippen LogP contribution in [0.1, 0.15) is 0 Å². The normalized spacial score (nSPS) is 11.6. The van der Waals surface area contributed by atoms with Crippen molar-refractivity contribution in [3.8, 4) is 39.1 Å². The van der Waals surface area contributed by atoms with E-state index in [1.165, 1.54) is 86.1 Å². The number of thiophene rings is 1. The molecule has 3 heteroatoms. The van der Waals surface area contributed by atoms with E-state index in [-0.39, 0.29) is 0 Å². The summed E-state index contributed by atoms with van der Waals surface area (Å²) in [6, 6.07) is 84.1. The maximum absolute atomic E-state index is 2.51. The second kappa shape index (κ2) is 14.5. The Labute approximate surface area is 358 Å². The van der Waals surface area contributed by atoms with Gasteiger partial charge in [0.05, 0.1) is 22.4 Å². The Balaban J connectivity index is 1.07. The Morgan fingerprint density at radius 3 is 1.72 bits per heavy atom. The van der Waals surface area contributed by atoms with Crippen LogP contribution in [-0.4, -0.2) is 4.57 Å². The Bertz CT molecular complexity index is 3550. The molecule has 2 nitrogen and oxygen atoms in total. The highest BCUT2D eigenvalue weighted by atomic mass is 32.1. The van der Waals surface area contributed by atoms with Crippen molar-refractivity contribution in [2.75, 3.05) is 4.90 Å².